The fourth-order valence-corrected chi connectivity index (χ4v) is 3.91. The fraction of sp³-hybridized carbons (Fsp3) is 0.0455. The van der Waals surface area contributed by atoms with Gasteiger partial charge in [0.05, 0.1) is 11.8 Å². The van der Waals surface area contributed by atoms with Gasteiger partial charge < -0.3 is 0 Å². The third-order valence-corrected chi connectivity index (χ3v) is 5.49. The highest BCUT2D eigenvalue weighted by atomic mass is 35.5. The van der Waals surface area contributed by atoms with Crippen LogP contribution >= 0.6 is 23.4 Å². The number of nitrogens with one attached hydrogen (secondary N) is 1. The second-order valence-electron chi connectivity index (χ2n) is 6.32. The molecule has 1 heterocycles. The zero-order chi connectivity index (χ0) is 20.2. The molecule has 7 heteroatoms. The first-order chi connectivity index (χ1) is 14.1. The number of nitrogens with zero attached hydrogens (tertiary/aromatic N) is 2. The number of hydrogen-bond acceptors (Lipinski definition) is 4. The lowest BCUT2D eigenvalue weighted by molar-refractivity contribution is -0.116. The van der Waals surface area contributed by atoms with E-state index in [4.69, 9.17) is 11.6 Å². The third kappa shape index (κ3) is 4.50. The van der Waals surface area contributed by atoms with E-state index in [0.717, 1.165) is 20.6 Å². The van der Waals surface area contributed by atoms with Crippen molar-refractivity contribution >= 4 is 40.0 Å². The average Bonchev–Trinajstić information content (AvgIpc) is 2.74. The summed E-state index contributed by atoms with van der Waals surface area (Å²) in [5.74, 6) is -0.340. The molecule has 1 amide bonds. The van der Waals surface area contributed by atoms with Crippen LogP contribution in [0.3, 0.4) is 0 Å². The van der Waals surface area contributed by atoms with Gasteiger partial charge in [-0.15, -0.1) is 9.89 Å². The van der Waals surface area contributed by atoms with Crippen molar-refractivity contribution in [1.29, 1.82) is 0 Å². The zero-order valence-electron chi connectivity index (χ0n) is 15.2. The van der Waals surface area contributed by atoms with Crippen molar-refractivity contribution in [1.82, 2.24) is 9.89 Å². The highest BCUT2D eigenvalue weighted by Crippen LogP contribution is 2.30. The van der Waals surface area contributed by atoms with Crippen LogP contribution in [-0.2, 0) is 11.2 Å². The second-order valence-corrected chi connectivity index (χ2v) is 7.82. The van der Waals surface area contributed by atoms with Gasteiger partial charge in [0, 0.05) is 15.3 Å². The van der Waals surface area contributed by atoms with Gasteiger partial charge in [0.2, 0.25) is 5.91 Å². The largest absolute Gasteiger partial charge is 0.294 e. The zero-order valence-corrected chi connectivity index (χ0v) is 16.8. The predicted molar refractivity (Wildman–Crippen MR) is 116 cm³/mol. The van der Waals surface area contributed by atoms with Crippen LogP contribution in [0.4, 0.5) is 0 Å². The third-order valence-electron chi connectivity index (χ3n) is 4.24. The van der Waals surface area contributed by atoms with Crippen molar-refractivity contribution in [2.45, 2.75) is 16.3 Å². The summed E-state index contributed by atoms with van der Waals surface area (Å²) in [6.07, 6.45) is 0.110. The van der Waals surface area contributed by atoms with Crippen molar-refractivity contribution in [2.75, 3.05) is 5.43 Å². The summed E-state index contributed by atoms with van der Waals surface area (Å²) in [6.45, 7) is 0. The minimum Gasteiger partial charge on any atom is -0.273 e. The molecular weight excluding hydrogens is 406 g/mol. The molecule has 5 nitrogen and oxygen atoms in total. The summed E-state index contributed by atoms with van der Waals surface area (Å²) in [6, 6.07) is 24.0. The van der Waals surface area contributed by atoms with Crippen LogP contribution in [0.15, 0.2) is 93.6 Å². The van der Waals surface area contributed by atoms with E-state index in [1.165, 1.54) is 11.8 Å². The Kier molecular flexibility index (Phi) is 5.64. The fourth-order valence-electron chi connectivity index (χ4n) is 2.86. The van der Waals surface area contributed by atoms with Crippen LogP contribution in [0.2, 0.25) is 5.02 Å². The highest BCUT2D eigenvalue weighted by Gasteiger charge is 2.13. The Hall–Kier alpha value is -3.09. The van der Waals surface area contributed by atoms with E-state index >= 15 is 0 Å². The summed E-state index contributed by atoms with van der Waals surface area (Å²) < 4.78 is 0. The van der Waals surface area contributed by atoms with Gasteiger partial charge in [-0.2, -0.15) is 0 Å². The Morgan fingerprint density at radius 2 is 1.59 bits per heavy atom. The lowest BCUT2D eigenvalue weighted by Crippen LogP contribution is -2.36. The normalized spacial score (nSPS) is 10.8. The van der Waals surface area contributed by atoms with E-state index in [0.29, 0.717) is 15.4 Å². The molecule has 0 unspecified atom stereocenters. The summed E-state index contributed by atoms with van der Waals surface area (Å²) in [5.41, 5.74) is 3.02. The molecule has 1 aromatic heterocycles. The number of fused-ring (bicyclic) bond motifs is 1. The molecule has 29 heavy (non-hydrogen) atoms. The Morgan fingerprint density at radius 1 is 0.931 bits per heavy atom. The number of amides is 1. The number of rotatable bonds is 5. The molecule has 0 radical (unpaired) electrons. The predicted octanol–water partition coefficient (Wildman–Crippen LogP) is 4.51. The Balaban J connectivity index is 1.66. The maximum atomic E-state index is 12.8. The molecule has 0 spiro atoms. The van der Waals surface area contributed by atoms with Crippen molar-refractivity contribution in [3.63, 3.8) is 0 Å². The first kappa shape index (κ1) is 19.2. The number of carbonyl (C=O) groups excluding carboxylic acids is 1. The number of aromatic nitrogens is 2. The summed E-state index contributed by atoms with van der Waals surface area (Å²) >= 11 is 7.32. The van der Waals surface area contributed by atoms with Gasteiger partial charge in [-0.25, -0.2) is 5.43 Å². The van der Waals surface area contributed by atoms with E-state index in [1.54, 1.807) is 36.4 Å². The van der Waals surface area contributed by atoms with Gasteiger partial charge in [-0.1, -0.05) is 71.9 Å². The standard InChI is InChI=1S/C22H16ClN3O2S/c23-16-12-10-15(11-13-16)14-20(27)24-26-22(28)19-9-5-4-8-18(19)21(25-26)29-17-6-2-1-3-7-17/h1-13H,14H2,(H,24,27). The van der Waals surface area contributed by atoms with Crippen molar-refractivity contribution in [3.05, 3.63) is 99.8 Å². The quantitative estimate of drug-likeness (QED) is 0.514. The van der Waals surface area contributed by atoms with Gasteiger partial charge in [-0.3, -0.25) is 9.59 Å². The van der Waals surface area contributed by atoms with Crippen molar-refractivity contribution in [3.8, 4) is 0 Å². The molecule has 0 aliphatic heterocycles. The number of hydrogen-bond donors (Lipinski definition) is 1. The van der Waals surface area contributed by atoms with E-state index in [9.17, 15) is 9.59 Å². The Labute approximate surface area is 176 Å². The topological polar surface area (TPSA) is 64.0 Å². The SMILES string of the molecule is O=C(Cc1ccc(Cl)cc1)Nn1nc(Sc2ccccc2)c2ccccc2c1=O. The minimum absolute atomic E-state index is 0.110. The molecule has 144 valence electrons. The van der Waals surface area contributed by atoms with Crippen LogP contribution in [0.5, 0.6) is 0 Å². The minimum atomic E-state index is -0.373. The molecule has 0 atom stereocenters. The highest BCUT2D eigenvalue weighted by molar-refractivity contribution is 7.99. The number of benzene rings is 3. The molecule has 4 rings (SSSR count). The van der Waals surface area contributed by atoms with E-state index in [2.05, 4.69) is 10.5 Å². The summed E-state index contributed by atoms with van der Waals surface area (Å²) in [5, 5.41) is 6.88. The van der Waals surface area contributed by atoms with E-state index < -0.39 is 0 Å². The van der Waals surface area contributed by atoms with Crippen LogP contribution < -0.4 is 11.0 Å². The lowest BCUT2D eigenvalue weighted by atomic mass is 10.1. The molecule has 1 N–H and O–H groups in total. The smallest absolute Gasteiger partial charge is 0.273 e. The number of halogens is 1. The molecule has 0 aliphatic rings. The molecule has 0 aliphatic carbocycles. The van der Waals surface area contributed by atoms with Gasteiger partial charge in [0.15, 0.2) is 0 Å². The van der Waals surface area contributed by atoms with Gasteiger partial charge in [0.1, 0.15) is 5.03 Å². The van der Waals surface area contributed by atoms with Crippen molar-refractivity contribution in [2.24, 2.45) is 0 Å². The molecule has 0 saturated carbocycles. The van der Waals surface area contributed by atoms with E-state index in [-0.39, 0.29) is 17.9 Å². The first-order valence-electron chi connectivity index (χ1n) is 8.89. The van der Waals surface area contributed by atoms with Gasteiger partial charge in [0.25, 0.3) is 5.56 Å². The maximum absolute atomic E-state index is 12.8. The van der Waals surface area contributed by atoms with E-state index in [1.807, 2.05) is 42.5 Å². The molecular formula is C22H16ClN3O2S. The molecule has 3 aromatic carbocycles. The van der Waals surface area contributed by atoms with Crippen LogP contribution in [0, 0.1) is 0 Å². The van der Waals surface area contributed by atoms with Crippen LogP contribution in [0.1, 0.15) is 5.56 Å². The second kappa shape index (κ2) is 8.51. The summed E-state index contributed by atoms with van der Waals surface area (Å²) in [4.78, 5) is 27.3. The molecule has 0 saturated heterocycles. The van der Waals surface area contributed by atoms with Crippen molar-refractivity contribution < 1.29 is 4.79 Å². The molecule has 4 aromatic rings. The van der Waals surface area contributed by atoms with Gasteiger partial charge >= 0.3 is 0 Å². The first-order valence-corrected chi connectivity index (χ1v) is 10.1. The van der Waals surface area contributed by atoms with Crippen LogP contribution in [0.25, 0.3) is 10.8 Å². The molecule has 0 fully saturated rings. The Morgan fingerprint density at radius 3 is 2.31 bits per heavy atom. The van der Waals surface area contributed by atoms with Crippen LogP contribution in [-0.4, -0.2) is 15.8 Å². The summed E-state index contributed by atoms with van der Waals surface area (Å²) in [7, 11) is 0. The number of carbonyl (C=O) groups is 1. The van der Waals surface area contributed by atoms with Gasteiger partial charge in [-0.05, 0) is 35.9 Å². The lowest BCUT2D eigenvalue weighted by Gasteiger charge is -2.11. The monoisotopic (exact) mass is 421 g/mol. The molecule has 0 bridgehead atoms. The average molecular weight is 422 g/mol. The Bertz CT molecular complexity index is 1220. The maximum Gasteiger partial charge on any atom is 0.294 e.